The zero-order chi connectivity index (χ0) is 11.5. The maximum atomic E-state index is 9.12. The minimum atomic E-state index is 0.582. The van der Waals surface area contributed by atoms with Gasteiger partial charge in [-0.25, -0.2) is 4.98 Å². The molecule has 1 aromatic heterocycles. The molecule has 0 aliphatic carbocycles. The zero-order valence-electron chi connectivity index (χ0n) is 9.62. The molecule has 0 fully saturated rings. The summed E-state index contributed by atoms with van der Waals surface area (Å²) in [5.74, 6) is 0. The monoisotopic (exact) mass is 210 g/mol. The van der Waals surface area contributed by atoms with Gasteiger partial charge in [-0.1, -0.05) is 32.0 Å². The van der Waals surface area contributed by atoms with Crippen molar-refractivity contribution in [1.29, 1.82) is 5.26 Å². The lowest BCUT2D eigenvalue weighted by Crippen LogP contribution is -2.00. The molecule has 2 nitrogen and oxygen atoms in total. The molecule has 16 heavy (non-hydrogen) atoms. The third-order valence-electron chi connectivity index (χ3n) is 2.92. The molecule has 0 aliphatic heterocycles. The van der Waals surface area contributed by atoms with Crippen LogP contribution in [0.4, 0.5) is 0 Å². The SMILES string of the molecule is CCc1c(C#N)nc2ccccc2c1CC. The van der Waals surface area contributed by atoms with E-state index in [9.17, 15) is 0 Å². The van der Waals surface area contributed by atoms with Gasteiger partial charge in [0.15, 0.2) is 0 Å². The number of aromatic nitrogens is 1. The molecule has 1 heterocycles. The topological polar surface area (TPSA) is 36.7 Å². The number of fused-ring (bicyclic) bond motifs is 1. The average Bonchev–Trinajstić information content (AvgIpc) is 2.36. The van der Waals surface area contributed by atoms with E-state index in [1.54, 1.807) is 0 Å². The summed E-state index contributed by atoms with van der Waals surface area (Å²) in [6, 6.07) is 10.2. The fourth-order valence-electron chi connectivity index (χ4n) is 2.20. The van der Waals surface area contributed by atoms with Crippen LogP contribution in [0, 0.1) is 11.3 Å². The van der Waals surface area contributed by atoms with Crippen molar-refractivity contribution in [2.24, 2.45) is 0 Å². The van der Waals surface area contributed by atoms with Crippen molar-refractivity contribution < 1.29 is 0 Å². The summed E-state index contributed by atoms with van der Waals surface area (Å²) in [6.45, 7) is 4.20. The van der Waals surface area contributed by atoms with Gasteiger partial charge >= 0.3 is 0 Å². The van der Waals surface area contributed by atoms with Gasteiger partial charge in [0.2, 0.25) is 0 Å². The number of benzene rings is 1. The second-order valence-electron chi connectivity index (χ2n) is 3.75. The fourth-order valence-corrected chi connectivity index (χ4v) is 2.20. The second-order valence-corrected chi connectivity index (χ2v) is 3.75. The zero-order valence-corrected chi connectivity index (χ0v) is 9.62. The molecule has 0 aliphatic rings. The number of hydrogen-bond donors (Lipinski definition) is 0. The summed E-state index contributed by atoms with van der Waals surface area (Å²) >= 11 is 0. The Kier molecular flexibility index (Phi) is 2.87. The van der Waals surface area contributed by atoms with Crippen LogP contribution in [0.1, 0.15) is 30.7 Å². The van der Waals surface area contributed by atoms with E-state index in [0.717, 1.165) is 23.9 Å². The van der Waals surface area contributed by atoms with Gasteiger partial charge in [0.1, 0.15) is 11.8 Å². The summed E-state index contributed by atoms with van der Waals surface area (Å²) < 4.78 is 0. The first-order chi connectivity index (χ1) is 7.81. The first-order valence-corrected chi connectivity index (χ1v) is 5.62. The summed E-state index contributed by atoms with van der Waals surface area (Å²) in [6.07, 6.45) is 1.81. The van der Waals surface area contributed by atoms with Gasteiger partial charge in [-0.2, -0.15) is 5.26 Å². The fraction of sp³-hybridized carbons (Fsp3) is 0.286. The maximum absolute atomic E-state index is 9.12. The molecular formula is C14H14N2. The van der Waals surface area contributed by atoms with Gasteiger partial charge < -0.3 is 0 Å². The second kappa shape index (κ2) is 4.32. The highest BCUT2D eigenvalue weighted by Crippen LogP contribution is 2.24. The number of pyridine rings is 1. The van der Waals surface area contributed by atoms with Gasteiger partial charge in [-0.05, 0) is 30.0 Å². The van der Waals surface area contributed by atoms with Crippen LogP contribution >= 0.6 is 0 Å². The lowest BCUT2D eigenvalue weighted by Gasteiger charge is -2.11. The van der Waals surface area contributed by atoms with E-state index in [0.29, 0.717) is 5.69 Å². The van der Waals surface area contributed by atoms with Crippen LogP contribution < -0.4 is 0 Å². The first-order valence-electron chi connectivity index (χ1n) is 5.62. The summed E-state index contributed by atoms with van der Waals surface area (Å²) in [5, 5.41) is 10.3. The molecule has 0 bridgehead atoms. The molecule has 0 amide bonds. The molecule has 0 saturated heterocycles. The summed E-state index contributed by atoms with van der Waals surface area (Å²) in [7, 11) is 0. The molecule has 0 radical (unpaired) electrons. The van der Waals surface area contributed by atoms with Crippen molar-refractivity contribution in [2.75, 3.05) is 0 Å². The highest BCUT2D eigenvalue weighted by atomic mass is 14.7. The molecule has 0 N–H and O–H groups in total. The van der Waals surface area contributed by atoms with Crippen molar-refractivity contribution in [3.05, 3.63) is 41.1 Å². The van der Waals surface area contributed by atoms with E-state index in [2.05, 4.69) is 31.0 Å². The Morgan fingerprint density at radius 3 is 2.44 bits per heavy atom. The Morgan fingerprint density at radius 1 is 1.12 bits per heavy atom. The highest BCUT2D eigenvalue weighted by molar-refractivity contribution is 5.84. The predicted molar refractivity (Wildman–Crippen MR) is 65.2 cm³/mol. The van der Waals surface area contributed by atoms with E-state index in [-0.39, 0.29) is 0 Å². The Bertz CT molecular complexity index is 565. The van der Waals surface area contributed by atoms with Crippen molar-refractivity contribution in [1.82, 2.24) is 4.98 Å². The van der Waals surface area contributed by atoms with E-state index in [4.69, 9.17) is 5.26 Å². The van der Waals surface area contributed by atoms with Crippen molar-refractivity contribution in [2.45, 2.75) is 26.7 Å². The number of nitriles is 1. The molecule has 0 atom stereocenters. The van der Waals surface area contributed by atoms with Gasteiger partial charge in [0, 0.05) is 5.39 Å². The van der Waals surface area contributed by atoms with Crippen molar-refractivity contribution in [3.8, 4) is 6.07 Å². The van der Waals surface area contributed by atoms with Crippen LogP contribution in [0.25, 0.3) is 10.9 Å². The molecule has 0 unspecified atom stereocenters. The van der Waals surface area contributed by atoms with Gasteiger partial charge in [-0.3, -0.25) is 0 Å². The molecular weight excluding hydrogens is 196 g/mol. The van der Waals surface area contributed by atoms with E-state index in [1.807, 2.05) is 18.2 Å². The first kappa shape index (κ1) is 10.6. The predicted octanol–water partition coefficient (Wildman–Crippen LogP) is 3.23. The number of aryl methyl sites for hydroxylation is 1. The van der Waals surface area contributed by atoms with Gasteiger partial charge in [-0.15, -0.1) is 0 Å². The van der Waals surface area contributed by atoms with Gasteiger partial charge in [0.05, 0.1) is 5.52 Å². The number of para-hydroxylation sites is 1. The summed E-state index contributed by atoms with van der Waals surface area (Å²) in [5.41, 5.74) is 3.87. The van der Waals surface area contributed by atoms with E-state index < -0.39 is 0 Å². The Morgan fingerprint density at radius 2 is 1.81 bits per heavy atom. The number of hydrogen-bond acceptors (Lipinski definition) is 2. The minimum Gasteiger partial charge on any atom is -0.237 e. The highest BCUT2D eigenvalue weighted by Gasteiger charge is 2.11. The van der Waals surface area contributed by atoms with Crippen LogP contribution in [-0.2, 0) is 12.8 Å². The number of rotatable bonds is 2. The standard InChI is InChI=1S/C14H14N2/c1-3-10-11(4-2)14(9-15)16-13-8-6-5-7-12(10)13/h5-8H,3-4H2,1-2H3. The smallest absolute Gasteiger partial charge is 0.144 e. The van der Waals surface area contributed by atoms with E-state index >= 15 is 0 Å². The third-order valence-corrected chi connectivity index (χ3v) is 2.92. The van der Waals surface area contributed by atoms with Crippen LogP contribution in [0.15, 0.2) is 24.3 Å². The third kappa shape index (κ3) is 1.55. The molecule has 2 rings (SSSR count). The Labute approximate surface area is 95.6 Å². The molecule has 0 spiro atoms. The van der Waals surface area contributed by atoms with Crippen molar-refractivity contribution in [3.63, 3.8) is 0 Å². The maximum Gasteiger partial charge on any atom is 0.144 e. The van der Waals surface area contributed by atoms with Crippen LogP contribution in [0.3, 0.4) is 0 Å². The Balaban J connectivity index is 2.89. The Hall–Kier alpha value is -1.88. The molecule has 1 aromatic carbocycles. The largest absolute Gasteiger partial charge is 0.237 e. The molecule has 80 valence electrons. The van der Waals surface area contributed by atoms with Crippen molar-refractivity contribution >= 4 is 10.9 Å². The van der Waals surface area contributed by atoms with E-state index in [1.165, 1.54) is 10.9 Å². The molecule has 2 aromatic rings. The molecule has 2 heteroatoms. The summed E-state index contributed by atoms with van der Waals surface area (Å²) in [4.78, 5) is 4.41. The van der Waals surface area contributed by atoms with Crippen LogP contribution in [0.5, 0.6) is 0 Å². The lowest BCUT2D eigenvalue weighted by atomic mass is 9.97. The normalized spacial score (nSPS) is 10.3. The quantitative estimate of drug-likeness (QED) is 0.763. The minimum absolute atomic E-state index is 0.582. The van der Waals surface area contributed by atoms with Crippen LogP contribution in [-0.4, -0.2) is 4.98 Å². The van der Waals surface area contributed by atoms with Gasteiger partial charge in [0.25, 0.3) is 0 Å². The number of nitrogens with zero attached hydrogens (tertiary/aromatic N) is 2. The van der Waals surface area contributed by atoms with Crippen LogP contribution in [0.2, 0.25) is 0 Å². The molecule has 0 saturated carbocycles. The average molecular weight is 210 g/mol. The lowest BCUT2D eigenvalue weighted by molar-refractivity contribution is 1.02.